The highest BCUT2D eigenvalue weighted by Crippen LogP contribution is 2.21. The molecule has 3 unspecified atom stereocenters. The Balaban J connectivity index is 2.40. The summed E-state index contributed by atoms with van der Waals surface area (Å²) in [4.78, 5) is 0. The summed E-state index contributed by atoms with van der Waals surface area (Å²) >= 11 is 0. The third kappa shape index (κ3) is 3.23. The summed E-state index contributed by atoms with van der Waals surface area (Å²) in [6, 6.07) is 0.455. The van der Waals surface area contributed by atoms with Crippen LogP contribution in [-0.2, 0) is 9.47 Å². The molecular weight excluding hydrogens is 178 g/mol. The summed E-state index contributed by atoms with van der Waals surface area (Å²) in [5, 5.41) is 3.45. The van der Waals surface area contributed by atoms with Crippen molar-refractivity contribution in [2.45, 2.75) is 58.0 Å². The van der Waals surface area contributed by atoms with E-state index in [0.717, 1.165) is 13.0 Å². The van der Waals surface area contributed by atoms with Crippen molar-refractivity contribution in [1.82, 2.24) is 5.32 Å². The van der Waals surface area contributed by atoms with Gasteiger partial charge in [-0.05, 0) is 27.7 Å². The molecule has 1 aliphatic rings. The summed E-state index contributed by atoms with van der Waals surface area (Å²) in [5.74, 6) is 0. The van der Waals surface area contributed by atoms with Crippen LogP contribution in [-0.4, -0.2) is 37.5 Å². The van der Waals surface area contributed by atoms with Gasteiger partial charge in [0.1, 0.15) is 0 Å². The van der Waals surface area contributed by atoms with E-state index in [1.807, 2.05) is 0 Å². The van der Waals surface area contributed by atoms with Crippen LogP contribution in [0.3, 0.4) is 0 Å². The highest BCUT2D eigenvalue weighted by molar-refractivity contribution is 4.83. The molecule has 0 aromatic heterocycles. The number of ether oxygens (including phenoxy) is 2. The Bertz CT molecular complexity index is 182. The molecule has 1 saturated heterocycles. The molecule has 1 heterocycles. The molecule has 14 heavy (non-hydrogen) atoms. The highest BCUT2D eigenvalue weighted by Gasteiger charge is 2.29. The second-order valence-corrected chi connectivity index (χ2v) is 4.83. The van der Waals surface area contributed by atoms with Gasteiger partial charge in [0, 0.05) is 26.1 Å². The van der Waals surface area contributed by atoms with E-state index >= 15 is 0 Å². The van der Waals surface area contributed by atoms with Gasteiger partial charge in [0.2, 0.25) is 0 Å². The van der Waals surface area contributed by atoms with Crippen molar-refractivity contribution in [2.75, 3.05) is 13.7 Å². The monoisotopic (exact) mass is 201 g/mol. The number of methoxy groups -OCH3 is 1. The fourth-order valence-electron chi connectivity index (χ4n) is 1.70. The maximum absolute atomic E-state index is 5.89. The second-order valence-electron chi connectivity index (χ2n) is 4.83. The molecule has 0 aromatic rings. The number of hydrogen-bond donors (Lipinski definition) is 1. The lowest BCUT2D eigenvalue weighted by Gasteiger charge is -2.37. The first-order valence-electron chi connectivity index (χ1n) is 5.38. The van der Waals surface area contributed by atoms with Crippen LogP contribution in [0.4, 0.5) is 0 Å². The minimum absolute atomic E-state index is 0.0906. The van der Waals surface area contributed by atoms with Crippen molar-refractivity contribution in [3.05, 3.63) is 0 Å². The van der Waals surface area contributed by atoms with E-state index in [-0.39, 0.29) is 11.7 Å². The summed E-state index contributed by atoms with van der Waals surface area (Å²) in [7, 11) is 1.75. The number of nitrogens with one attached hydrogen (secondary N) is 1. The standard InChI is InChI=1S/C11H23NO2/c1-8-9(2)14-10(7-12-8)6-11(3,4)13-5/h8-10,12H,6-7H2,1-5H3. The van der Waals surface area contributed by atoms with Crippen LogP contribution < -0.4 is 5.32 Å². The Morgan fingerprint density at radius 2 is 2.07 bits per heavy atom. The quantitative estimate of drug-likeness (QED) is 0.752. The molecule has 0 spiro atoms. The SMILES string of the molecule is COC(C)(C)CC1CNC(C)C(C)O1. The molecule has 0 bridgehead atoms. The molecule has 0 aromatic carbocycles. The van der Waals surface area contributed by atoms with E-state index < -0.39 is 0 Å². The first-order chi connectivity index (χ1) is 6.44. The Labute approximate surface area is 87.2 Å². The molecule has 0 radical (unpaired) electrons. The Morgan fingerprint density at radius 1 is 1.43 bits per heavy atom. The molecule has 3 nitrogen and oxygen atoms in total. The van der Waals surface area contributed by atoms with Crippen molar-refractivity contribution in [2.24, 2.45) is 0 Å². The number of rotatable bonds is 3. The van der Waals surface area contributed by atoms with Crippen molar-refractivity contribution < 1.29 is 9.47 Å². The number of morpholine rings is 1. The lowest BCUT2D eigenvalue weighted by molar-refractivity contribution is -0.0920. The maximum atomic E-state index is 5.89. The second kappa shape index (κ2) is 4.60. The van der Waals surface area contributed by atoms with E-state index in [1.54, 1.807) is 7.11 Å². The lowest BCUT2D eigenvalue weighted by atomic mass is 9.98. The van der Waals surface area contributed by atoms with Crippen LogP contribution in [0, 0.1) is 0 Å². The van der Waals surface area contributed by atoms with E-state index in [0.29, 0.717) is 12.1 Å². The van der Waals surface area contributed by atoms with Gasteiger partial charge in [-0.3, -0.25) is 0 Å². The summed E-state index contributed by atoms with van der Waals surface area (Å²) < 4.78 is 11.3. The summed E-state index contributed by atoms with van der Waals surface area (Å²) in [6.07, 6.45) is 1.51. The zero-order chi connectivity index (χ0) is 10.8. The molecule has 0 amide bonds. The molecular formula is C11H23NO2. The van der Waals surface area contributed by atoms with E-state index in [9.17, 15) is 0 Å². The first-order valence-corrected chi connectivity index (χ1v) is 5.38. The van der Waals surface area contributed by atoms with Crippen LogP contribution in [0.1, 0.15) is 34.1 Å². The van der Waals surface area contributed by atoms with Crippen molar-refractivity contribution >= 4 is 0 Å². The topological polar surface area (TPSA) is 30.5 Å². The van der Waals surface area contributed by atoms with Gasteiger partial charge in [-0.1, -0.05) is 0 Å². The van der Waals surface area contributed by atoms with Gasteiger partial charge in [0.15, 0.2) is 0 Å². The van der Waals surface area contributed by atoms with Crippen molar-refractivity contribution in [3.8, 4) is 0 Å². The molecule has 3 atom stereocenters. The zero-order valence-electron chi connectivity index (χ0n) is 9.96. The van der Waals surface area contributed by atoms with Gasteiger partial charge in [-0.25, -0.2) is 0 Å². The van der Waals surface area contributed by atoms with Crippen molar-refractivity contribution in [1.29, 1.82) is 0 Å². The third-order valence-corrected chi connectivity index (χ3v) is 3.05. The fourth-order valence-corrected chi connectivity index (χ4v) is 1.70. The molecule has 1 N–H and O–H groups in total. The van der Waals surface area contributed by atoms with E-state index in [1.165, 1.54) is 0 Å². The predicted octanol–water partition coefficient (Wildman–Crippen LogP) is 1.57. The van der Waals surface area contributed by atoms with Gasteiger partial charge >= 0.3 is 0 Å². The Morgan fingerprint density at radius 3 is 2.57 bits per heavy atom. The predicted molar refractivity (Wildman–Crippen MR) is 57.5 cm³/mol. The maximum Gasteiger partial charge on any atom is 0.0731 e. The molecule has 1 rings (SSSR count). The van der Waals surface area contributed by atoms with Crippen LogP contribution >= 0.6 is 0 Å². The van der Waals surface area contributed by atoms with Gasteiger partial charge in [-0.2, -0.15) is 0 Å². The third-order valence-electron chi connectivity index (χ3n) is 3.05. The van der Waals surface area contributed by atoms with Gasteiger partial charge in [0.25, 0.3) is 0 Å². The van der Waals surface area contributed by atoms with Crippen LogP contribution in [0.15, 0.2) is 0 Å². The van der Waals surface area contributed by atoms with Gasteiger partial charge < -0.3 is 14.8 Å². The minimum atomic E-state index is -0.0906. The van der Waals surface area contributed by atoms with Crippen LogP contribution in [0.2, 0.25) is 0 Å². The van der Waals surface area contributed by atoms with E-state index in [4.69, 9.17) is 9.47 Å². The van der Waals surface area contributed by atoms with Crippen LogP contribution in [0.25, 0.3) is 0 Å². The largest absolute Gasteiger partial charge is 0.379 e. The smallest absolute Gasteiger partial charge is 0.0731 e. The van der Waals surface area contributed by atoms with Crippen LogP contribution in [0.5, 0.6) is 0 Å². The van der Waals surface area contributed by atoms with Gasteiger partial charge in [0.05, 0.1) is 17.8 Å². The van der Waals surface area contributed by atoms with Crippen molar-refractivity contribution in [3.63, 3.8) is 0 Å². The molecule has 0 aliphatic carbocycles. The lowest BCUT2D eigenvalue weighted by Crippen LogP contribution is -2.51. The highest BCUT2D eigenvalue weighted by atomic mass is 16.5. The molecule has 84 valence electrons. The summed E-state index contributed by atoms with van der Waals surface area (Å²) in [6.45, 7) is 9.39. The molecule has 0 saturated carbocycles. The Kier molecular flexibility index (Phi) is 3.93. The zero-order valence-corrected chi connectivity index (χ0v) is 9.96. The molecule has 1 aliphatic heterocycles. The average molecular weight is 201 g/mol. The Hall–Kier alpha value is -0.120. The first kappa shape index (κ1) is 12.0. The van der Waals surface area contributed by atoms with E-state index in [2.05, 4.69) is 33.0 Å². The normalized spacial score (nSPS) is 34.5. The number of hydrogen-bond acceptors (Lipinski definition) is 3. The fraction of sp³-hybridized carbons (Fsp3) is 1.00. The minimum Gasteiger partial charge on any atom is -0.379 e. The average Bonchev–Trinajstić information content (AvgIpc) is 2.11. The molecule has 1 fully saturated rings. The van der Waals surface area contributed by atoms with Gasteiger partial charge in [-0.15, -0.1) is 0 Å². The summed E-state index contributed by atoms with van der Waals surface area (Å²) in [5.41, 5.74) is -0.0906. The molecule has 3 heteroatoms.